The lowest BCUT2D eigenvalue weighted by molar-refractivity contribution is -0.137. The summed E-state index contributed by atoms with van der Waals surface area (Å²) in [5, 5.41) is 0. The maximum atomic E-state index is 12.9. The second-order valence-corrected chi connectivity index (χ2v) is 7.06. The van der Waals surface area contributed by atoms with Gasteiger partial charge in [-0.1, -0.05) is 43.2 Å². The Labute approximate surface area is 166 Å². The van der Waals surface area contributed by atoms with Crippen LogP contribution in [-0.2, 0) is 4.79 Å². The molecular formula is C23H27NO4. The zero-order valence-electron chi connectivity index (χ0n) is 16.5. The zero-order chi connectivity index (χ0) is 19.9. The van der Waals surface area contributed by atoms with Crippen LogP contribution >= 0.6 is 0 Å². The van der Waals surface area contributed by atoms with E-state index in [1.165, 1.54) is 0 Å². The maximum absolute atomic E-state index is 12.9. The van der Waals surface area contributed by atoms with Gasteiger partial charge >= 0.3 is 0 Å². The Morgan fingerprint density at radius 1 is 0.964 bits per heavy atom. The SMILES string of the molecule is COc1ccc(C(=O)c2ccccc2)c(O[C@@H](C)C(=O)N2CCCCCC2)c1. The van der Waals surface area contributed by atoms with E-state index in [1.54, 1.807) is 44.4 Å². The number of amides is 1. The van der Waals surface area contributed by atoms with Gasteiger partial charge in [0.1, 0.15) is 11.5 Å². The zero-order valence-corrected chi connectivity index (χ0v) is 16.5. The minimum Gasteiger partial charge on any atom is -0.497 e. The lowest BCUT2D eigenvalue weighted by Crippen LogP contribution is -2.41. The summed E-state index contributed by atoms with van der Waals surface area (Å²) in [6.45, 7) is 3.27. The van der Waals surface area contributed by atoms with Crippen molar-refractivity contribution in [3.05, 3.63) is 59.7 Å². The summed E-state index contributed by atoms with van der Waals surface area (Å²) in [4.78, 5) is 27.7. The molecule has 1 heterocycles. The second-order valence-electron chi connectivity index (χ2n) is 7.06. The molecule has 5 heteroatoms. The van der Waals surface area contributed by atoms with Gasteiger partial charge in [-0.15, -0.1) is 0 Å². The molecule has 1 saturated heterocycles. The van der Waals surface area contributed by atoms with Crippen LogP contribution in [0.1, 0.15) is 48.5 Å². The highest BCUT2D eigenvalue weighted by Gasteiger charge is 2.25. The lowest BCUT2D eigenvalue weighted by atomic mass is 10.0. The van der Waals surface area contributed by atoms with Gasteiger partial charge in [0.2, 0.25) is 0 Å². The molecule has 1 amide bonds. The minimum absolute atomic E-state index is 0.0390. The third-order valence-corrected chi connectivity index (χ3v) is 5.04. The van der Waals surface area contributed by atoms with E-state index >= 15 is 0 Å². The predicted molar refractivity (Wildman–Crippen MR) is 108 cm³/mol. The van der Waals surface area contributed by atoms with Crippen molar-refractivity contribution in [3.8, 4) is 11.5 Å². The number of carbonyl (C=O) groups is 2. The Hall–Kier alpha value is -2.82. The molecule has 0 bridgehead atoms. The first-order chi connectivity index (χ1) is 13.6. The normalized spacial score (nSPS) is 15.4. The van der Waals surface area contributed by atoms with Crippen molar-refractivity contribution in [2.75, 3.05) is 20.2 Å². The molecule has 2 aromatic carbocycles. The van der Waals surface area contributed by atoms with Gasteiger partial charge in [-0.2, -0.15) is 0 Å². The van der Waals surface area contributed by atoms with E-state index in [9.17, 15) is 9.59 Å². The standard InChI is InChI=1S/C23H27NO4/c1-17(23(26)24-14-8-3-4-9-15-24)28-21-16-19(27-2)12-13-20(21)22(25)18-10-6-5-7-11-18/h5-7,10-13,16-17H,3-4,8-9,14-15H2,1-2H3/t17-/m0/s1. The number of benzene rings is 2. The first-order valence-corrected chi connectivity index (χ1v) is 9.83. The number of hydrogen-bond acceptors (Lipinski definition) is 4. The summed E-state index contributed by atoms with van der Waals surface area (Å²) in [6.07, 6.45) is 3.69. The average Bonchev–Trinajstić information content (AvgIpc) is 3.02. The molecule has 1 atom stereocenters. The van der Waals surface area contributed by atoms with Crippen molar-refractivity contribution >= 4 is 11.7 Å². The largest absolute Gasteiger partial charge is 0.497 e. The van der Waals surface area contributed by atoms with Crippen molar-refractivity contribution in [3.63, 3.8) is 0 Å². The summed E-state index contributed by atoms with van der Waals surface area (Å²) in [5.41, 5.74) is 0.992. The summed E-state index contributed by atoms with van der Waals surface area (Å²) in [5.74, 6) is 0.758. The molecule has 3 rings (SSSR count). The second kappa shape index (κ2) is 9.40. The third kappa shape index (κ3) is 4.71. The Morgan fingerprint density at radius 3 is 2.29 bits per heavy atom. The number of rotatable bonds is 6. The van der Waals surface area contributed by atoms with Crippen molar-refractivity contribution < 1.29 is 19.1 Å². The van der Waals surface area contributed by atoms with Gasteiger partial charge in [-0.3, -0.25) is 9.59 Å². The Balaban J connectivity index is 1.83. The fraction of sp³-hybridized carbons (Fsp3) is 0.391. The van der Waals surface area contributed by atoms with E-state index in [4.69, 9.17) is 9.47 Å². The van der Waals surface area contributed by atoms with Crippen LogP contribution in [0.25, 0.3) is 0 Å². The van der Waals surface area contributed by atoms with Crippen LogP contribution in [0, 0.1) is 0 Å². The quantitative estimate of drug-likeness (QED) is 0.707. The predicted octanol–water partition coefficient (Wildman–Crippen LogP) is 4.10. The molecule has 28 heavy (non-hydrogen) atoms. The smallest absolute Gasteiger partial charge is 0.263 e. The molecule has 2 aromatic rings. The van der Waals surface area contributed by atoms with Crippen LogP contribution in [0.3, 0.4) is 0 Å². The third-order valence-electron chi connectivity index (χ3n) is 5.04. The number of ketones is 1. The molecule has 1 fully saturated rings. The van der Waals surface area contributed by atoms with Crippen LogP contribution in [0.4, 0.5) is 0 Å². The van der Waals surface area contributed by atoms with Gasteiger partial charge in [-0.05, 0) is 31.9 Å². The Morgan fingerprint density at radius 2 is 1.64 bits per heavy atom. The first kappa shape index (κ1) is 19.9. The van der Waals surface area contributed by atoms with Gasteiger partial charge in [0.05, 0.1) is 12.7 Å². The van der Waals surface area contributed by atoms with E-state index in [0.717, 1.165) is 38.8 Å². The number of carbonyl (C=O) groups excluding carboxylic acids is 2. The number of likely N-dealkylation sites (tertiary alicyclic amines) is 1. The highest BCUT2D eigenvalue weighted by atomic mass is 16.5. The summed E-state index contributed by atoms with van der Waals surface area (Å²) in [7, 11) is 1.56. The van der Waals surface area contributed by atoms with E-state index < -0.39 is 6.10 Å². The highest BCUT2D eigenvalue weighted by Crippen LogP contribution is 2.28. The number of ether oxygens (including phenoxy) is 2. The van der Waals surface area contributed by atoms with Gasteiger partial charge in [0.15, 0.2) is 11.9 Å². The molecule has 0 N–H and O–H groups in total. The molecule has 0 unspecified atom stereocenters. The van der Waals surface area contributed by atoms with Gasteiger partial charge < -0.3 is 14.4 Å². The average molecular weight is 381 g/mol. The van der Waals surface area contributed by atoms with Crippen LogP contribution < -0.4 is 9.47 Å². The summed E-state index contributed by atoms with van der Waals surface area (Å²) >= 11 is 0. The number of nitrogens with zero attached hydrogens (tertiary/aromatic N) is 1. The van der Waals surface area contributed by atoms with Crippen molar-refractivity contribution in [2.24, 2.45) is 0 Å². The van der Waals surface area contributed by atoms with Crippen LogP contribution in [0.15, 0.2) is 48.5 Å². The van der Waals surface area contributed by atoms with E-state index in [-0.39, 0.29) is 11.7 Å². The van der Waals surface area contributed by atoms with Crippen LogP contribution in [0.2, 0.25) is 0 Å². The molecule has 1 aliphatic rings. The molecular weight excluding hydrogens is 354 g/mol. The van der Waals surface area contributed by atoms with E-state index in [1.807, 2.05) is 23.1 Å². The van der Waals surface area contributed by atoms with E-state index in [2.05, 4.69) is 0 Å². The molecule has 1 aliphatic heterocycles. The van der Waals surface area contributed by atoms with Gasteiger partial charge in [0.25, 0.3) is 5.91 Å². The molecule has 0 saturated carbocycles. The monoisotopic (exact) mass is 381 g/mol. The molecule has 0 radical (unpaired) electrons. The summed E-state index contributed by atoms with van der Waals surface area (Å²) < 4.78 is 11.3. The summed E-state index contributed by atoms with van der Waals surface area (Å²) in [6, 6.07) is 14.1. The lowest BCUT2D eigenvalue weighted by Gasteiger charge is -2.25. The van der Waals surface area contributed by atoms with E-state index in [0.29, 0.717) is 22.6 Å². The van der Waals surface area contributed by atoms with Crippen molar-refractivity contribution in [2.45, 2.75) is 38.7 Å². The van der Waals surface area contributed by atoms with Crippen LogP contribution in [0.5, 0.6) is 11.5 Å². The number of methoxy groups -OCH3 is 1. The first-order valence-electron chi connectivity index (χ1n) is 9.83. The van der Waals surface area contributed by atoms with Crippen molar-refractivity contribution in [1.82, 2.24) is 4.90 Å². The Kier molecular flexibility index (Phi) is 6.69. The van der Waals surface area contributed by atoms with Gasteiger partial charge in [0, 0.05) is 24.7 Å². The maximum Gasteiger partial charge on any atom is 0.263 e. The molecule has 0 aliphatic carbocycles. The van der Waals surface area contributed by atoms with Crippen molar-refractivity contribution in [1.29, 1.82) is 0 Å². The number of hydrogen-bond donors (Lipinski definition) is 0. The fourth-order valence-electron chi connectivity index (χ4n) is 3.45. The molecule has 5 nitrogen and oxygen atoms in total. The molecule has 148 valence electrons. The highest BCUT2D eigenvalue weighted by molar-refractivity contribution is 6.10. The molecule has 0 aromatic heterocycles. The fourth-order valence-corrected chi connectivity index (χ4v) is 3.45. The molecule has 0 spiro atoms. The van der Waals surface area contributed by atoms with Crippen LogP contribution in [-0.4, -0.2) is 42.9 Å². The topological polar surface area (TPSA) is 55.8 Å². The van der Waals surface area contributed by atoms with Gasteiger partial charge in [-0.25, -0.2) is 0 Å². The Bertz CT molecular complexity index is 811. The minimum atomic E-state index is -0.674.